The largest absolute Gasteiger partial charge is 0.693 e. The second kappa shape index (κ2) is 11.1. The Hall–Kier alpha value is 0.270. The van der Waals surface area contributed by atoms with Crippen LogP contribution in [0.3, 0.4) is 0 Å². The van der Waals surface area contributed by atoms with E-state index in [0.717, 1.165) is 0 Å². The van der Waals surface area contributed by atoms with Crippen molar-refractivity contribution < 1.29 is 25.8 Å². The van der Waals surface area contributed by atoms with Crippen LogP contribution in [-0.2, 0) is 25.8 Å². The van der Waals surface area contributed by atoms with E-state index in [1.807, 2.05) is 18.2 Å². The third-order valence-corrected chi connectivity index (χ3v) is 0.566. The van der Waals surface area contributed by atoms with E-state index in [-0.39, 0.29) is 44.4 Å². The molecule has 0 saturated carbocycles. The summed E-state index contributed by atoms with van der Waals surface area (Å²) >= 11 is 0. The fourth-order valence-electron chi connectivity index (χ4n) is 0.313. The Morgan fingerprint density at radius 1 is 0.889 bits per heavy atom. The molecule has 0 aliphatic carbocycles. The molecule has 1 rings (SSSR count). The average molecular weight is 310 g/mol. The van der Waals surface area contributed by atoms with Gasteiger partial charge in [0.05, 0.1) is 0 Å². The average Bonchev–Trinajstić information content (AvgIpc) is 1.72. The van der Waals surface area contributed by atoms with E-state index in [1.165, 1.54) is 0 Å². The van der Waals surface area contributed by atoms with Gasteiger partial charge in [-0.25, -0.2) is 0 Å². The first-order valence-electron chi connectivity index (χ1n) is 1.85. The van der Waals surface area contributed by atoms with Gasteiger partial charge in [-0.2, -0.15) is 0 Å². The van der Waals surface area contributed by atoms with E-state index >= 15 is 0 Å². The Morgan fingerprint density at radius 3 is 1.44 bits per heavy atom. The number of nitrogens with zero attached hydrogens (tertiary/aromatic N) is 1. The minimum absolute atomic E-state index is 0. The first-order valence-corrected chi connectivity index (χ1v) is 1.85. The second-order valence-corrected chi connectivity index (χ2v) is 1.02. The number of pyridine rings is 1. The molecule has 50 valence electrons. The summed E-state index contributed by atoms with van der Waals surface area (Å²) in [5, 5.41) is 0. The summed E-state index contributed by atoms with van der Waals surface area (Å²) in [4.78, 5) is 3.78. The SMILES string of the molecule is Cl.[Hf].[NH2-].c1ccncc1. The predicted molar refractivity (Wildman–Crippen MR) is 36.8 cm³/mol. The van der Waals surface area contributed by atoms with Crippen LogP contribution in [0.25, 0.3) is 6.15 Å². The first kappa shape index (κ1) is 16.1. The molecule has 0 aliphatic heterocycles. The molecule has 0 amide bonds. The molecule has 0 fully saturated rings. The maximum atomic E-state index is 3.78. The Balaban J connectivity index is -0.000000120. The number of hydrogen-bond donors (Lipinski definition) is 0. The van der Waals surface area contributed by atoms with Crippen LogP contribution in [0.15, 0.2) is 30.6 Å². The van der Waals surface area contributed by atoms with Crippen LogP contribution >= 0.6 is 12.4 Å². The van der Waals surface area contributed by atoms with Gasteiger partial charge in [0, 0.05) is 38.2 Å². The molecule has 4 heteroatoms. The van der Waals surface area contributed by atoms with Crippen LogP contribution in [0.5, 0.6) is 0 Å². The summed E-state index contributed by atoms with van der Waals surface area (Å²) in [6, 6.07) is 5.72. The van der Waals surface area contributed by atoms with Crippen molar-refractivity contribution in [1.82, 2.24) is 4.98 Å². The van der Waals surface area contributed by atoms with Crippen molar-refractivity contribution >= 4 is 12.4 Å². The van der Waals surface area contributed by atoms with Crippen LogP contribution in [0.2, 0.25) is 0 Å². The molecule has 0 bridgehead atoms. The second-order valence-electron chi connectivity index (χ2n) is 1.02. The molecule has 0 atom stereocenters. The minimum atomic E-state index is 0. The predicted octanol–water partition coefficient (Wildman–Crippen LogP) is 2.22. The van der Waals surface area contributed by atoms with Crippen LogP contribution in [0.1, 0.15) is 0 Å². The van der Waals surface area contributed by atoms with Gasteiger partial charge in [0.25, 0.3) is 0 Å². The van der Waals surface area contributed by atoms with Crippen LogP contribution in [0.4, 0.5) is 0 Å². The fraction of sp³-hybridized carbons (Fsp3) is 0. The van der Waals surface area contributed by atoms with Gasteiger partial charge in [-0.15, -0.1) is 12.4 Å². The van der Waals surface area contributed by atoms with Crippen LogP contribution < -0.4 is 0 Å². The fourth-order valence-corrected chi connectivity index (χ4v) is 0.313. The summed E-state index contributed by atoms with van der Waals surface area (Å²) in [6.07, 6.45) is 3.50. The van der Waals surface area contributed by atoms with Gasteiger partial charge in [-0.3, -0.25) is 4.98 Å². The molecule has 2 N–H and O–H groups in total. The molecule has 0 spiro atoms. The summed E-state index contributed by atoms with van der Waals surface area (Å²) in [5.41, 5.74) is 0. The Kier molecular flexibility index (Phi) is 19.9. The van der Waals surface area contributed by atoms with Crippen molar-refractivity contribution in [3.05, 3.63) is 36.7 Å². The van der Waals surface area contributed by atoms with Gasteiger partial charge in [0.1, 0.15) is 0 Å². The summed E-state index contributed by atoms with van der Waals surface area (Å²) in [5.74, 6) is 0. The summed E-state index contributed by atoms with van der Waals surface area (Å²) in [6.45, 7) is 0. The zero-order valence-electron chi connectivity index (χ0n) is 4.82. The molecule has 1 heterocycles. The van der Waals surface area contributed by atoms with Crippen LogP contribution in [-0.4, -0.2) is 4.98 Å². The third-order valence-electron chi connectivity index (χ3n) is 0.566. The smallest absolute Gasteiger partial charge is 0.0267 e. The molecule has 1 aromatic rings. The number of rotatable bonds is 0. The number of halogens is 1. The monoisotopic (exact) mass is 311 g/mol. The maximum Gasteiger partial charge on any atom is 0.0267 e. The van der Waals surface area contributed by atoms with Crippen molar-refractivity contribution in [3.63, 3.8) is 0 Å². The van der Waals surface area contributed by atoms with Gasteiger partial charge < -0.3 is 6.15 Å². The normalized spacial score (nSPS) is 5.33. The van der Waals surface area contributed by atoms with Gasteiger partial charge in [-0.05, 0) is 12.1 Å². The standard InChI is InChI=1S/C5H5N.ClH.Hf.H2N/c1-2-4-6-5-3-1;;;/h1-5H;1H;;1H2/q;;;-1. The van der Waals surface area contributed by atoms with Gasteiger partial charge in [-0.1, -0.05) is 6.07 Å². The van der Waals surface area contributed by atoms with Crippen molar-refractivity contribution in [2.24, 2.45) is 0 Å². The summed E-state index contributed by atoms with van der Waals surface area (Å²) < 4.78 is 0. The maximum absolute atomic E-state index is 3.78. The first-order chi connectivity index (χ1) is 3.00. The van der Waals surface area contributed by atoms with Gasteiger partial charge in [0.15, 0.2) is 0 Å². The molecular weight excluding hydrogens is 302 g/mol. The van der Waals surface area contributed by atoms with Crippen molar-refractivity contribution in [2.75, 3.05) is 0 Å². The molecule has 0 unspecified atom stereocenters. The van der Waals surface area contributed by atoms with Crippen molar-refractivity contribution in [3.8, 4) is 0 Å². The molecule has 9 heavy (non-hydrogen) atoms. The number of aromatic nitrogens is 1. The van der Waals surface area contributed by atoms with Gasteiger partial charge in [0.2, 0.25) is 0 Å². The number of hydrogen-bond acceptors (Lipinski definition) is 1. The zero-order valence-corrected chi connectivity index (χ0v) is 9.23. The Morgan fingerprint density at radius 2 is 1.33 bits per heavy atom. The van der Waals surface area contributed by atoms with Crippen LogP contribution in [0, 0.1) is 0 Å². The molecule has 2 nitrogen and oxygen atoms in total. The Labute approximate surface area is 79.8 Å². The van der Waals surface area contributed by atoms with Crippen molar-refractivity contribution in [1.29, 1.82) is 0 Å². The molecule has 0 aromatic carbocycles. The quantitative estimate of drug-likeness (QED) is 0.678. The minimum Gasteiger partial charge on any atom is -0.693 e. The zero-order chi connectivity index (χ0) is 4.24. The van der Waals surface area contributed by atoms with E-state index < -0.39 is 0 Å². The molecule has 0 saturated heterocycles. The molecular formula is C5H8ClHfN2-. The summed E-state index contributed by atoms with van der Waals surface area (Å²) in [7, 11) is 0. The number of nitrogens with two attached hydrogens (primary N) is 1. The van der Waals surface area contributed by atoms with E-state index in [2.05, 4.69) is 4.98 Å². The van der Waals surface area contributed by atoms with Gasteiger partial charge >= 0.3 is 0 Å². The van der Waals surface area contributed by atoms with E-state index in [1.54, 1.807) is 12.4 Å². The third kappa shape index (κ3) is 8.27. The molecule has 0 radical (unpaired) electrons. The molecule has 1 aromatic heterocycles. The molecule has 0 aliphatic rings. The van der Waals surface area contributed by atoms with E-state index in [4.69, 9.17) is 0 Å². The van der Waals surface area contributed by atoms with E-state index in [0.29, 0.717) is 0 Å². The van der Waals surface area contributed by atoms with E-state index in [9.17, 15) is 0 Å². The van der Waals surface area contributed by atoms with Crippen molar-refractivity contribution in [2.45, 2.75) is 0 Å². The Bertz CT molecular complexity index is 86.9. The topological polar surface area (TPSA) is 46.4 Å².